The van der Waals surface area contributed by atoms with Crippen LogP contribution in [0.2, 0.25) is 0 Å². The van der Waals surface area contributed by atoms with Crippen molar-refractivity contribution in [2.45, 2.75) is 25.7 Å². The second kappa shape index (κ2) is 7.79. The van der Waals surface area contributed by atoms with Crippen molar-refractivity contribution in [1.82, 2.24) is 15.1 Å². The Morgan fingerprint density at radius 3 is 2.85 bits per heavy atom. The van der Waals surface area contributed by atoms with Gasteiger partial charge in [-0.25, -0.2) is 0 Å². The Bertz CT molecular complexity index is 897. The van der Waals surface area contributed by atoms with Crippen LogP contribution in [0.4, 0.5) is 5.00 Å². The Kier molecular flexibility index (Phi) is 5.48. The Labute approximate surface area is 160 Å². The summed E-state index contributed by atoms with van der Waals surface area (Å²) >= 11 is 6.67. The monoisotopic (exact) mass is 389 g/mol. The number of primary amides is 1. The molecule has 26 heavy (non-hydrogen) atoms. The number of thiocarbonyl (C=S) groups is 1. The van der Waals surface area contributed by atoms with Crippen LogP contribution in [0.25, 0.3) is 6.08 Å². The summed E-state index contributed by atoms with van der Waals surface area (Å²) in [5.74, 6) is -0.842. The van der Waals surface area contributed by atoms with E-state index in [0.717, 1.165) is 41.7 Å². The summed E-state index contributed by atoms with van der Waals surface area (Å²) in [6.07, 6.45) is 10.4. The molecule has 0 atom stereocenters. The van der Waals surface area contributed by atoms with Gasteiger partial charge >= 0.3 is 0 Å². The predicted octanol–water partition coefficient (Wildman–Crippen LogP) is 1.99. The fraction of sp³-hybridized carbons (Fsp3) is 0.294. The quantitative estimate of drug-likeness (QED) is 0.548. The van der Waals surface area contributed by atoms with Gasteiger partial charge in [-0.1, -0.05) is 0 Å². The summed E-state index contributed by atoms with van der Waals surface area (Å²) in [6, 6.07) is 0. The van der Waals surface area contributed by atoms with E-state index in [1.807, 2.05) is 0 Å². The highest BCUT2D eigenvalue weighted by atomic mass is 32.1. The number of hydrogen-bond donors (Lipinski definition) is 3. The number of carbonyl (C=O) groups excluding carboxylic acids is 2. The van der Waals surface area contributed by atoms with Crippen molar-refractivity contribution in [2.75, 3.05) is 5.32 Å². The van der Waals surface area contributed by atoms with Crippen molar-refractivity contribution in [1.29, 1.82) is 0 Å². The van der Waals surface area contributed by atoms with Gasteiger partial charge in [0, 0.05) is 29.8 Å². The third-order valence-corrected chi connectivity index (χ3v) is 5.44. The molecule has 0 radical (unpaired) electrons. The number of aryl methyl sites for hydroxylation is 2. The second-order valence-electron chi connectivity index (χ2n) is 6.00. The third-order valence-electron chi connectivity index (χ3n) is 4.03. The molecular weight excluding hydrogens is 370 g/mol. The lowest BCUT2D eigenvalue weighted by Crippen LogP contribution is -2.33. The maximum absolute atomic E-state index is 12.0. The van der Waals surface area contributed by atoms with Crippen molar-refractivity contribution in [2.24, 2.45) is 12.8 Å². The lowest BCUT2D eigenvalue weighted by Gasteiger charge is -2.11. The highest BCUT2D eigenvalue weighted by Crippen LogP contribution is 2.37. The van der Waals surface area contributed by atoms with Gasteiger partial charge in [0.1, 0.15) is 5.00 Å². The standard InChI is InChI=1S/C17H19N5O2S2/c1-22-9-10(8-19-22)6-7-13(23)20-17(25)21-16-14(15(18)24)11-4-2-3-5-12(11)26-16/h6-9H,2-5H2,1H3,(H2,18,24)(H2,20,21,23,25)/b7-6+. The Balaban J connectivity index is 1.66. The highest BCUT2D eigenvalue weighted by Gasteiger charge is 2.24. The number of thiophene rings is 1. The molecule has 0 unspecified atom stereocenters. The molecule has 1 aliphatic rings. The molecule has 2 heterocycles. The maximum atomic E-state index is 12.0. The van der Waals surface area contributed by atoms with E-state index >= 15 is 0 Å². The fourth-order valence-corrected chi connectivity index (χ4v) is 4.47. The summed E-state index contributed by atoms with van der Waals surface area (Å²) in [4.78, 5) is 25.0. The first-order valence-corrected chi connectivity index (χ1v) is 9.39. The molecule has 0 saturated carbocycles. The minimum absolute atomic E-state index is 0.131. The average molecular weight is 390 g/mol. The number of hydrogen-bond acceptors (Lipinski definition) is 5. The molecule has 1 aliphatic carbocycles. The van der Waals surface area contributed by atoms with Gasteiger partial charge in [0.05, 0.1) is 11.8 Å². The van der Waals surface area contributed by atoms with Crippen LogP contribution in [0.1, 0.15) is 39.2 Å². The van der Waals surface area contributed by atoms with E-state index in [9.17, 15) is 9.59 Å². The molecule has 0 fully saturated rings. The summed E-state index contributed by atoms with van der Waals surface area (Å²) < 4.78 is 1.65. The zero-order valence-electron chi connectivity index (χ0n) is 14.2. The first-order chi connectivity index (χ1) is 12.4. The summed E-state index contributed by atoms with van der Waals surface area (Å²) in [5, 5.41) is 10.3. The Hall–Kier alpha value is -2.52. The molecule has 136 valence electrons. The third kappa shape index (κ3) is 4.17. The fourth-order valence-electron chi connectivity index (χ4n) is 2.90. The molecule has 4 N–H and O–H groups in total. The van der Waals surface area contributed by atoms with Crippen molar-refractivity contribution >= 4 is 51.6 Å². The van der Waals surface area contributed by atoms with Crippen LogP contribution >= 0.6 is 23.6 Å². The lowest BCUT2D eigenvalue weighted by atomic mass is 9.95. The second-order valence-corrected chi connectivity index (χ2v) is 7.52. The molecule has 7 nitrogen and oxygen atoms in total. The number of aromatic nitrogens is 2. The normalized spacial score (nSPS) is 13.4. The molecular formula is C17H19N5O2S2. The van der Waals surface area contributed by atoms with Crippen LogP contribution in [-0.4, -0.2) is 26.7 Å². The van der Waals surface area contributed by atoms with E-state index in [0.29, 0.717) is 10.6 Å². The van der Waals surface area contributed by atoms with Crippen molar-refractivity contribution in [3.8, 4) is 0 Å². The summed E-state index contributed by atoms with van der Waals surface area (Å²) in [7, 11) is 1.80. The number of amides is 2. The van der Waals surface area contributed by atoms with Crippen LogP contribution in [0.15, 0.2) is 18.5 Å². The van der Waals surface area contributed by atoms with E-state index in [1.54, 1.807) is 30.2 Å². The van der Waals surface area contributed by atoms with Crippen molar-refractivity contribution in [3.05, 3.63) is 40.0 Å². The molecule has 0 bridgehead atoms. The van der Waals surface area contributed by atoms with Gasteiger partial charge in [-0.05, 0) is 49.5 Å². The number of nitrogens with two attached hydrogens (primary N) is 1. The zero-order chi connectivity index (χ0) is 18.7. The molecule has 0 aliphatic heterocycles. The molecule has 0 spiro atoms. The number of anilines is 1. The number of carbonyl (C=O) groups is 2. The van der Waals surface area contributed by atoms with Crippen LogP contribution in [-0.2, 0) is 24.7 Å². The SMILES string of the molecule is Cn1cc(/C=C/C(=O)NC(=S)Nc2sc3c(c2C(N)=O)CCCC3)cn1. The zero-order valence-corrected chi connectivity index (χ0v) is 15.9. The first kappa shape index (κ1) is 18.3. The van der Waals surface area contributed by atoms with Gasteiger partial charge in [-0.15, -0.1) is 11.3 Å². The largest absolute Gasteiger partial charge is 0.365 e. The minimum atomic E-state index is -0.475. The topological polar surface area (TPSA) is 102 Å². The molecule has 2 aromatic heterocycles. The smallest absolute Gasteiger partial charge is 0.251 e. The van der Waals surface area contributed by atoms with Crippen LogP contribution in [0.5, 0.6) is 0 Å². The van der Waals surface area contributed by atoms with E-state index in [1.165, 1.54) is 17.4 Å². The Morgan fingerprint density at radius 1 is 1.38 bits per heavy atom. The van der Waals surface area contributed by atoms with Gasteiger partial charge in [-0.3, -0.25) is 19.6 Å². The van der Waals surface area contributed by atoms with E-state index in [-0.39, 0.29) is 11.0 Å². The molecule has 9 heteroatoms. The van der Waals surface area contributed by atoms with Gasteiger partial charge < -0.3 is 11.1 Å². The Morgan fingerprint density at radius 2 is 2.15 bits per heavy atom. The predicted molar refractivity (Wildman–Crippen MR) is 106 cm³/mol. The molecule has 0 aromatic carbocycles. The van der Waals surface area contributed by atoms with Crippen molar-refractivity contribution in [3.63, 3.8) is 0 Å². The van der Waals surface area contributed by atoms with Gasteiger partial charge in [-0.2, -0.15) is 5.10 Å². The van der Waals surface area contributed by atoms with E-state index in [4.69, 9.17) is 18.0 Å². The summed E-state index contributed by atoms with van der Waals surface area (Å²) in [6.45, 7) is 0. The first-order valence-electron chi connectivity index (χ1n) is 8.17. The van der Waals surface area contributed by atoms with Gasteiger partial charge in [0.25, 0.3) is 5.91 Å². The number of fused-ring (bicyclic) bond motifs is 1. The van der Waals surface area contributed by atoms with Crippen LogP contribution < -0.4 is 16.4 Å². The lowest BCUT2D eigenvalue weighted by molar-refractivity contribution is -0.115. The van der Waals surface area contributed by atoms with Gasteiger partial charge in [0.15, 0.2) is 5.11 Å². The number of nitrogens with one attached hydrogen (secondary N) is 2. The summed E-state index contributed by atoms with van der Waals surface area (Å²) in [5.41, 5.74) is 7.87. The maximum Gasteiger partial charge on any atom is 0.251 e. The van der Waals surface area contributed by atoms with E-state index in [2.05, 4.69) is 15.7 Å². The van der Waals surface area contributed by atoms with Crippen LogP contribution in [0, 0.1) is 0 Å². The minimum Gasteiger partial charge on any atom is -0.365 e. The van der Waals surface area contributed by atoms with Crippen molar-refractivity contribution < 1.29 is 9.59 Å². The average Bonchev–Trinajstić information content (AvgIpc) is 3.15. The number of rotatable bonds is 4. The molecule has 0 saturated heterocycles. The van der Waals surface area contributed by atoms with E-state index < -0.39 is 5.91 Å². The molecule has 2 aromatic rings. The van der Waals surface area contributed by atoms with Gasteiger partial charge in [0.2, 0.25) is 5.91 Å². The van der Waals surface area contributed by atoms with Crippen LogP contribution in [0.3, 0.4) is 0 Å². The number of nitrogens with zero attached hydrogens (tertiary/aromatic N) is 2. The highest BCUT2D eigenvalue weighted by molar-refractivity contribution is 7.80. The molecule has 3 rings (SSSR count). The molecule has 2 amide bonds.